The molecule has 0 aliphatic rings. The zero-order valence-corrected chi connectivity index (χ0v) is 8.20. The molecular weight excluding hydrogens is 197 g/mol. The van der Waals surface area contributed by atoms with Crippen LogP contribution in [-0.2, 0) is 6.54 Å². The Bertz CT molecular complexity index is 455. The van der Waals surface area contributed by atoms with Gasteiger partial charge in [0.1, 0.15) is 5.82 Å². The fraction of sp³-hybridized carbons (Fsp3) is 0.200. The van der Waals surface area contributed by atoms with Crippen LogP contribution in [0.1, 0.15) is 11.7 Å². The molecule has 15 heavy (non-hydrogen) atoms. The number of hydrogen-bond acceptors (Lipinski definition) is 4. The molecule has 2 rings (SSSR count). The maximum Gasteiger partial charge on any atom is 0.223 e. The van der Waals surface area contributed by atoms with Gasteiger partial charge in [0.15, 0.2) is 5.82 Å². The van der Waals surface area contributed by atoms with E-state index in [1.54, 1.807) is 25.1 Å². The summed E-state index contributed by atoms with van der Waals surface area (Å²) in [6, 6.07) is 6.44. The largest absolute Gasteiger partial charge is 0.375 e. The van der Waals surface area contributed by atoms with Gasteiger partial charge in [-0.05, 0) is 12.1 Å². The van der Waals surface area contributed by atoms with E-state index >= 15 is 0 Å². The van der Waals surface area contributed by atoms with Crippen molar-refractivity contribution in [2.45, 2.75) is 13.5 Å². The minimum Gasteiger partial charge on any atom is -0.375 e. The molecule has 0 radical (unpaired) electrons. The van der Waals surface area contributed by atoms with Crippen LogP contribution < -0.4 is 5.32 Å². The molecule has 0 saturated carbocycles. The third-order valence-electron chi connectivity index (χ3n) is 1.88. The first-order chi connectivity index (χ1) is 7.25. The Morgan fingerprint density at radius 2 is 2.20 bits per heavy atom. The molecule has 0 atom stereocenters. The normalized spacial score (nSPS) is 10.3. The fourth-order valence-electron chi connectivity index (χ4n) is 1.19. The second-order valence-corrected chi connectivity index (χ2v) is 3.06. The Hall–Kier alpha value is -1.91. The van der Waals surface area contributed by atoms with Gasteiger partial charge in [0.05, 0.1) is 12.2 Å². The molecular formula is C10H10FN3O. The van der Waals surface area contributed by atoms with Crippen LogP contribution in [0.5, 0.6) is 0 Å². The van der Waals surface area contributed by atoms with Crippen LogP contribution in [0.15, 0.2) is 28.8 Å². The van der Waals surface area contributed by atoms with Gasteiger partial charge in [0.25, 0.3) is 0 Å². The summed E-state index contributed by atoms with van der Waals surface area (Å²) < 4.78 is 18.0. The van der Waals surface area contributed by atoms with E-state index in [4.69, 9.17) is 4.52 Å². The Balaban J connectivity index is 2.02. The van der Waals surface area contributed by atoms with E-state index in [2.05, 4.69) is 15.5 Å². The number of aryl methyl sites for hydroxylation is 1. The highest BCUT2D eigenvalue weighted by atomic mass is 19.1. The van der Waals surface area contributed by atoms with Crippen molar-refractivity contribution < 1.29 is 8.91 Å². The van der Waals surface area contributed by atoms with Crippen molar-refractivity contribution >= 4 is 5.69 Å². The predicted molar refractivity (Wildman–Crippen MR) is 52.8 cm³/mol. The molecule has 0 saturated heterocycles. The van der Waals surface area contributed by atoms with Crippen LogP contribution in [0.4, 0.5) is 10.1 Å². The Morgan fingerprint density at radius 1 is 1.40 bits per heavy atom. The quantitative estimate of drug-likeness (QED) is 0.837. The summed E-state index contributed by atoms with van der Waals surface area (Å²) in [5.41, 5.74) is 0.431. The molecule has 0 aliphatic heterocycles. The van der Waals surface area contributed by atoms with Gasteiger partial charge in [-0.15, -0.1) is 0 Å². The SMILES string of the molecule is Cc1nc(CNc2ccccc2F)no1. The molecule has 1 N–H and O–H groups in total. The van der Waals surface area contributed by atoms with E-state index < -0.39 is 0 Å². The standard InChI is InChI=1S/C10H10FN3O/c1-7-13-10(14-15-7)6-12-9-5-3-2-4-8(9)11/h2-5,12H,6H2,1H3. The van der Waals surface area contributed by atoms with Crippen molar-refractivity contribution in [2.24, 2.45) is 0 Å². The lowest BCUT2D eigenvalue weighted by Gasteiger charge is -2.03. The van der Waals surface area contributed by atoms with Gasteiger partial charge in [0.2, 0.25) is 5.89 Å². The summed E-state index contributed by atoms with van der Waals surface area (Å²) in [4.78, 5) is 3.99. The van der Waals surface area contributed by atoms with Crippen LogP contribution >= 0.6 is 0 Å². The molecule has 5 heteroatoms. The van der Waals surface area contributed by atoms with Gasteiger partial charge >= 0.3 is 0 Å². The minimum atomic E-state index is -0.294. The molecule has 0 aliphatic carbocycles. The van der Waals surface area contributed by atoms with Crippen LogP contribution in [0.25, 0.3) is 0 Å². The van der Waals surface area contributed by atoms with Crippen molar-refractivity contribution in [3.8, 4) is 0 Å². The minimum absolute atomic E-state index is 0.294. The van der Waals surface area contributed by atoms with E-state index in [-0.39, 0.29) is 5.82 Å². The van der Waals surface area contributed by atoms with Crippen LogP contribution in [0.3, 0.4) is 0 Å². The van der Waals surface area contributed by atoms with Crippen LogP contribution in [0.2, 0.25) is 0 Å². The van der Waals surface area contributed by atoms with Gasteiger partial charge in [-0.25, -0.2) is 4.39 Å². The predicted octanol–water partition coefficient (Wildman–Crippen LogP) is 2.13. The molecule has 0 unspecified atom stereocenters. The summed E-state index contributed by atoms with van der Waals surface area (Å²) in [7, 11) is 0. The van der Waals surface area contributed by atoms with Gasteiger partial charge in [-0.2, -0.15) is 4.98 Å². The summed E-state index contributed by atoms with van der Waals surface area (Å²) in [6.45, 7) is 2.05. The third kappa shape index (κ3) is 2.31. The van der Waals surface area contributed by atoms with Crippen LogP contribution in [-0.4, -0.2) is 10.1 Å². The molecule has 4 nitrogen and oxygen atoms in total. The van der Waals surface area contributed by atoms with Crippen molar-refractivity contribution in [3.05, 3.63) is 41.8 Å². The number of benzene rings is 1. The topological polar surface area (TPSA) is 51.0 Å². The maximum absolute atomic E-state index is 13.2. The number of aromatic nitrogens is 2. The molecule has 78 valence electrons. The molecule has 2 aromatic rings. The lowest BCUT2D eigenvalue weighted by atomic mass is 10.3. The second-order valence-electron chi connectivity index (χ2n) is 3.06. The highest BCUT2D eigenvalue weighted by Gasteiger charge is 2.03. The number of nitrogens with zero attached hydrogens (tertiary/aromatic N) is 2. The van der Waals surface area contributed by atoms with E-state index in [0.717, 1.165) is 0 Å². The lowest BCUT2D eigenvalue weighted by molar-refractivity contribution is 0.388. The smallest absolute Gasteiger partial charge is 0.223 e. The molecule has 0 spiro atoms. The highest BCUT2D eigenvalue weighted by Crippen LogP contribution is 2.12. The molecule has 0 bridgehead atoms. The first-order valence-electron chi connectivity index (χ1n) is 4.53. The first-order valence-corrected chi connectivity index (χ1v) is 4.53. The Labute approximate surface area is 86.1 Å². The van der Waals surface area contributed by atoms with Gasteiger partial charge < -0.3 is 9.84 Å². The Morgan fingerprint density at radius 3 is 2.87 bits per heavy atom. The van der Waals surface area contributed by atoms with Crippen molar-refractivity contribution in [3.63, 3.8) is 0 Å². The molecule has 1 heterocycles. The van der Waals surface area contributed by atoms with Gasteiger partial charge in [-0.3, -0.25) is 0 Å². The first kappa shape index (κ1) is 9.64. The average molecular weight is 207 g/mol. The van der Waals surface area contributed by atoms with Crippen molar-refractivity contribution in [2.75, 3.05) is 5.32 Å². The van der Waals surface area contributed by atoms with Gasteiger partial charge in [0, 0.05) is 6.92 Å². The van der Waals surface area contributed by atoms with E-state index in [1.165, 1.54) is 6.07 Å². The number of hydrogen-bond donors (Lipinski definition) is 1. The average Bonchev–Trinajstić information content (AvgIpc) is 2.63. The van der Waals surface area contributed by atoms with E-state index in [1.807, 2.05) is 0 Å². The zero-order chi connectivity index (χ0) is 10.7. The zero-order valence-electron chi connectivity index (χ0n) is 8.20. The van der Waals surface area contributed by atoms with Gasteiger partial charge in [-0.1, -0.05) is 17.3 Å². The maximum atomic E-state index is 13.2. The molecule has 0 amide bonds. The summed E-state index contributed by atoms with van der Waals surface area (Å²) in [5.74, 6) is 0.716. The molecule has 1 aromatic carbocycles. The molecule has 1 aromatic heterocycles. The third-order valence-corrected chi connectivity index (χ3v) is 1.88. The van der Waals surface area contributed by atoms with E-state index in [9.17, 15) is 4.39 Å². The molecule has 0 fully saturated rings. The van der Waals surface area contributed by atoms with Crippen molar-refractivity contribution in [1.29, 1.82) is 0 Å². The number of rotatable bonds is 3. The monoisotopic (exact) mass is 207 g/mol. The highest BCUT2D eigenvalue weighted by molar-refractivity contribution is 5.44. The van der Waals surface area contributed by atoms with E-state index in [0.29, 0.717) is 23.9 Å². The van der Waals surface area contributed by atoms with Crippen molar-refractivity contribution in [1.82, 2.24) is 10.1 Å². The number of halogens is 1. The number of para-hydroxylation sites is 1. The lowest BCUT2D eigenvalue weighted by Crippen LogP contribution is -2.02. The summed E-state index contributed by atoms with van der Waals surface area (Å²) in [5, 5.41) is 6.57. The summed E-state index contributed by atoms with van der Waals surface area (Å²) in [6.07, 6.45) is 0. The summed E-state index contributed by atoms with van der Waals surface area (Å²) >= 11 is 0. The fourth-order valence-corrected chi connectivity index (χ4v) is 1.19. The van der Waals surface area contributed by atoms with Crippen LogP contribution in [0, 0.1) is 12.7 Å². The Kier molecular flexibility index (Phi) is 2.62. The number of anilines is 1. The number of nitrogens with one attached hydrogen (secondary N) is 1. The second kappa shape index (κ2) is 4.08.